The average Bonchev–Trinajstić information content (AvgIpc) is 0. The number of hydrogen-bond acceptors (Lipinski definition) is 0. The van der Waals surface area contributed by atoms with Crippen molar-refractivity contribution in [2.75, 3.05) is 0 Å². The fourth-order valence-corrected chi connectivity index (χ4v) is 0. The Bertz CT molecular complexity index is 13.0. The van der Waals surface area contributed by atoms with E-state index >= 15 is 0 Å². The SMILES string of the molecule is [Bi+3].[Fe+3].[Mo].[O-2].[O-2].[O-2].[O-2].[O-2].[O-2]. The van der Waals surface area contributed by atoms with E-state index in [1.807, 2.05) is 0 Å². The summed E-state index contributed by atoms with van der Waals surface area (Å²) in [4.78, 5) is 0. The molecule has 0 saturated carbocycles. The van der Waals surface area contributed by atoms with Crippen LogP contribution in [0.2, 0.25) is 0 Å². The molecule has 0 aromatic carbocycles. The molecule has 6 nitrogen and oxygen atoms in total. The summed E-state index contributed by atoms with van der Waals surface area (Å²) in [7, 11) is 0. The molecule has 3 radical (unpaired) electrons. The zero-order valence-corrected chi connectivity index (χ0v) is 10.2. The van der Waals surface area contributed by atoms with Gasteiger partial charge in [-0.25, -0.2) is 0 Å². The Kier molecular flexibility index (Phi) is 7690. The van der Waals surface area contributed by atoms with Gasteiger partial charge in [0, 0.05) is 21.1 Å². The molecule has 0 unspecified atom stereocenters. The van der Waals surface area contributed by atoms with Crippen molar-refractivity contribution in [3.63, 3.8) is 0 Å². The van der Waals surface area contributed by atoms with E-state index in [4.69, 9.17) is 0 Å². The second-order valence-corrected chi connectivity index (χ2v) is 0. The molecular weight excluding hydrogens is 457 g/mol. The van der Waals surface area contributed by atoms with Crippen molar-refractivity contribution in [1.29, 1.82) is 0 Å². The number of hydrogen-bond donors (Lipinski definition) is 0. The van der Waals surface area contributed by atoms with Crippen molar-refractivity contribution in [2.45, 2.75) is 0 Å². The second kappa shape index (κ2) is 225. The molecular formula is BiFeMoO6-6. The van der Waals surface area contributed by atoms with Crippen LogP contribution in [0.3, 0.4) is 0 Å². The molecule has 9 heteroatoms. The Balaban J connectivity index is 0. The van der Waals surface area contributed by atoms with Crippen molar-refractivity contribution in [3.8, 4) is 0 Å². The van der Waals surface area contributed by atoms with Crippen LogP contribution in [0.15, 0.2) is 0 Å². The average molecular weight is 457 g/mol. The van der Waals surface area contributed by atoms with Gasteiger partial charge in [-0.3, -0.25) is 0 Å². The molecule has 0 N–H and O–H groups in total. The van der Waals surface area contributed by atoms with Crippen LogP contribution < -0.4 is 0 Å². The van der Waals surface area contributed by atoms with Crippen LogP contribution in [0.1, 0.15) is 0 Å². The normalized spacial score (nSPS) is 0. The molecule has 0 rings (SSSR count). The van der Waals surface area contributed by atoms with Crippen molar-refractivity contribution in [3.05, 3.63) is 0 Å². The van der Waals surface area contributed by atoms with Gasteiger partial charge in [-0.05, 0) is 0 Å². The number of rotatable bonds is 0. The van der Waals surface area contributed by atoms with E-state index in [2.05, 4.69) is 0 Å². The van der Waals surface area contributed by atoms with Crippen LogP contribution >= 0.6 is 0 Å². The molecule has 0 bridgehead atoms. The molecule has 0 aliphatic heterocycles. The Morgan fingerprint density at radius 2 is 0.444 bits per heavy atom. The summed E-state index contributed by atoms with van der Waals surface area (Å²) in [5.74, 6) is 0. The molecule has 9 heavy (non-hydrogen) atoms. The smallest absolute Gasteiger partial charge is 2.00 e. The molecule has 0 heterocycles. The summed E-state index contributed by atoms with van der Waals surface area (Å²) in [6.07, 6.45) is 0. The van der Waals surface area contributed by atoms with E-state index in [1.165, 1.54) is 0 Å². The second-order valence-electron chi connectivity index (χ2n) is 0. The monoisotopic (exact) mass is 459 g/mol. The molecule has 0 aromatic rings. The van der Waals surface area contributed by atoms with Gasteiger partial charge in [0.25, 0.3) is 0 Å². The topological polar surface area (TPSA) is 171 Å². The van der Waals surface area contributed by atoms with E-state index in [9.17, 15) is 0 Å². The van der Waals surface area contributed by atoms with Gasteiger partial charge in [-0.15, -0.1) is 0 Å². The third kappa shape index (κ3) is 177. The van der Waals surface area contributed by atoms with Crippen LogP contribution in [0, 0.1) is 0 Å². The third-order valence-corrected chi connectivity index (χ3v) is 0. The van der Waals surface area contributed by atoms with E-state index in [0.717, 1.165) is 0 Å². The Hall–Kier alpha value is 1.85. The van der Waals surface area contributed by atoms with Crippen LogP contribution in [-0.2, 0) is 71.0 Å². The maximum atomic E-state index is 0. The zero-order chi connectivity index (χ0) is 0. The summed E-state index contributed by atoms with van der Waals surface area (Å²) in [6.45, 7) is 0. The maximum Gasteiger partial charge on any atom is 3.00 e. The van der Waals surface area contributed by atoms with Crippen LogP contribution in [-0.4, -0.2) is 26.2 Å². The molecule has 0 amide bonds. The molecule has 0 aliphatic rings. The molecule has 0 fully saturated rings. The van der Waals surface area contributed by atoms with Gasteiger partial charge < -0.3 is 32.9 Å². The molecule has 0 aromatic heterocycles. The zero-order valence-electron chi connectivity index (χ0n) is 3.66. The molecule has 0 spiro atoms. The largest absolute Gasteiger partial charge is 3.00 e. The molecule has 0 saturated heterocycles. The van der Waals surface area contributed by atoms with Gasteiger partial charge >= 0.3 is 43.3 Å². The fraction of sp³-hybridized carbons (Fsp3) is 0. The summed E-state index contributed by atoms with van der Waals surface area (Å²) < 4.78 is 0. The predicted octanol–water partition coefficient (Wildman–Crippen LogP) is -1.10. The maximum absolute atomic E-state index is 0. The first-order chi connectivity index (χ1) is 0. The van der Waals surface area contributed by atoms with Crippen molar-refractivity contribution in [1.82, 2.24) is 0 Å². The van der Waals surface area contributed by atoms with Gasteiger partial charge in [0.2, 0.25) is 0 Å². The Labute approximate surface area is 96.5 Å². The first-order valence-electron chi connectivity index (χ1n) is 0. The summed E-state index contributed by atoms with van der Waals surface area (Å²) in [5, 5.41) is 0. The van der Waals surface area contributed by atoms with Crippen LogP contribution in [0.4, 0.5) is 0 Å². The fourth-order valence-electron chi connectivity index (χ4n) is 0. The third-order valence-electron chi connectivity index (χ3n) is 0. The summed E-state index contributed by atoms with van der Waals surface area (Å²) in [5.41, 5.74) is 0. The minimum absolute atomic E-state index is 0. The Morgan fingerprint density at radius 1 is 0.444 bits per heavy atom. The summed E-state index contributed by atoms with van der Waals surface area (Å²) >= 11 is 0. The first-order valence-corrected chi connectivity index (χ1v) is 0. The molecule has 61 valence electrons. The molecule has 0 atom stereocenters. The Morgan fingerprint density at radius 3 is 0.444 bits per heavy atom. The van der Waals surface area contributed by atoms with Gasteiger partial charge in [0.15, 0.2) is 0 Å². The van der Waals surface area contributed by atoms with Crippen LogP contribution in [0.25, 0.3) is 0 Å². The van der Waals surface area contributed by atoms with Gasteiger partial charge in [0.05, 0.1) is 0 Å². The van der Waals surface area contributed by atoms with E-state index in [-0.39, 0.29) is 97.2 Å². The van der Waals surface area contributed by atoms with E-state index < -0.39 is 0 Å². The minimum Gasteiger partial charge on any atom is -2.00 e. The van der Waals surface area contributed by atoms with Gasteiger partial charge in [-0.1, -0.05) is 0 Å². The minimum atomic E-state index is 0. The van der Waals surface area contributed by atoms with Crippen molar-refractivity contribution >= 4 is 26.2 Å². The van der Waals surface area contributed by atoms with E-state index in [1.54, 1.807) is 0 Å². The standard InChI is InChI=1S/Bi.Fe.Mo.6O/q2*+3;;6*-2. The van der Waals surface area contributed by atoms with E-state index in [0.29, 0.717) is 0 Å². The van der Waals surface area contributed by atoms with Crippen LogP contribution in [0.5, 0.6) is 0 Å². The van der Waals surface area contributed by atoms with Gasteiger partial charge in [-0.2, -0.15) is 0 Å². The molecule has 0 aliphatic carbocycles. The van der Waals surface area contributed by atoms with Crippen molar-refractivity contribution in [2.24, 2.45) is 0 Å². The predicted molar refractivity (Wildman–Crippen MR) is 9.87 cm³/mol. The van der Waals surface area contributed by atoms with Gasteiger partial charge in [0.1, 0.15) is 0 Å². The first kappa shape index (κ1) is 307. The quantitative estimate of drug-likeness (QED) is 0.403. The summed E-state index contributed by atoms with van der Waals surface area (Å²) in [6, 6.07) is 0. The van der Waals surface area contributed by atoms with Crippen molar-refractivity contribution < 1.29 is 71.0 Å².